The molecule has 1 saturated heterocycles. The van der Waals surface area contributed by atoms with Crippen LogP contribution in [0.1, 0.15) is 135 Å². The zero-order chi connectivity index (χ0) is 28.1. The van der Waals surface area contributed by atoms with Crippen LogP contribution in [-0.2, 0) is 0 Å². The molecule has 0 N–H and O–H groups in total. The van der Waals surface area contributed by atoms with Crippen LogP contribution in [-0.4, -0.2) is 49.1 Å². The van der Waals surface area contributed by atoms with Crippen LogP contribution >= 0.6 is 0 Å². The van der Waals surface area contributed by atoms with Gasteiger partial charge in [-0.25, -0.2) is 0 Å². The number of hydrogen-bond donors (Lipinski definition) is 0. The van der Waals surface area contributed by atoms with Crippen molar-refractivity contribution < 1.29 is 0 Å². The second-order valence-electron chi connectivity index (χ2n) is 8.58. The van der Waals surface area contributed by atoms with E-state index in [1.54, 1.807) is 0 Å². The van der Waals surface area contributed by atoms with Crippen LogP contribution in [0.2, 0.25) is 0 Å². The first-order valence-electron chi connectivity index (χ1n) is 15.0. The van der Waals surface area contributed by atoms with Gasteiger partial charge in [0.1, 0.15) is 0 Å². The molecule has 34 heavy (non-hydrogen) atoms. The zero-order valence-electron chi connectivity index (χ0n) is 27.2. The summed E-state index contributed by atoms with van der Waals surface area (Å²) >= 11 is 0. The van der Waals surface area contributed by atoms with E-state index >= 15 is 0 Å². The number of rotatable bonds is 6. The summed E-state index contributed by atoms with van der Waals surface area (Å²) in [7, 11) is 6.61. The Balaban J connectivity index is -0.000000121. The van der Waals surface area contributed by atoms with E-state index < -0.39 is 0 Å². The number of likely N-dealkylation sites (N-methyl/N-ethyl adjacent to an activating group) is 1. The minimum atomic E-state index is 0.725. The third kappa shape index (κ3) is 24.5. The van der Waals surface area contributed by atoms with Crippen LogP contribution in [0.25, 0.3) is 0 Å². The first-order chi connectivity index (χ1) is 16.3. The first kappa shape index (κ1) is 43.5. The average Bonchev–Trinajstić information content (AvgIpc) is 2.97. The van der Waals surface area contributed by atoms with Gasteiger partial charge in [0.15, 0.2) is 0 Å². The van der Waals surface area contributed by atoms with Gasteiger partial charge in [0.05, 0.1) is 0 Å². The monoisotopic (exact) mass is 485 g/mol. The van der Waals surface area contributed by atoms with Gasteiger partial charge >= 0.3 is 0 Å². The Hall–Kier alpha value is -0.600. The molecule has 0 aromatic heterocycles. The molecule has 210 valence electrons. The number of piperidine rings is 1. The predicted molar refractivity (Wildman–Crippen MR) is 165 cm³/mol. The van der Waals surface area contributed by atoms with Crippen molar-refractivity contribution in [3.63, 3.8) is 0 Å². The van der Waals surface area contributed by atoms with Crippen LogP contribution in [0.5, 0.6) is 0 Å². The van der Waals surface area contributed by atoms with E-state index in [9.17, 15) is 0 Å². The standard InChI is InChI=1S/C11H19N.C11H23N.5C2H6/c1-9-7-10-5-3-4-6-11(8-9)12(10)2;1-6-7-8-11(12(4)5)9-10(2)3;5*1-2/h3,5,9-11H,4,6-8H2,1-2H3;6,10-11H,1,7-9H2,2-5H3;5*1-2H3. The molecule has 0 aromatic carbocycles. The maximum absolute atomic E-state index is 3.75. The Morgan fingerprint density at radius 2 is 1.44 bits per heavy atom. The highest BCUT2D eigenvalue weighted by molar-refractivity contribution is 5.02. The Morgan fingerprint density at radius 3 is 1.85 bits per heavy atom. The number of allylic oxidation sites excluding steroid dienone is 2. The maximum atomic E-state index is 3.75. The zero-order valence-corrected chi connectivity index (χ0v) is 27.2. The molecule has 2 heteroatoms. The molecule has 2 heterocycles. The molecule has 2 nitrogen and oxygen atoms in total. The van der Waals surface area contributed by atoms with Crippen LogP contribution in [0.4, 0.5) is 0 Å². The first-order valence-corrected chi connectivity index (χ1v) is 15.0. The lowest BCUT2D eigenvalue weighted by Crippen LogP contribution is -2.44. The van der Waals surface area contributed by atoms with Gasteiger partial charge in [0.2, 0.25) is 0 Å². The summed E-state index contributed by atoms with van der Waals surface area (Å²) in [5.74, 6) is 1.72. The van der Waals surface area contributed by atoms with Crippen LogP contribution < -0.4 is 0 Å². The number of hydrogen-bond acceptors (Lipinski definition) is 2. The molecular formula is C32H72N2. The molecule has 0 saturated carbocycles. The Labute approximate surface area is 220 Å². The fraction of sp³-hybridized carbons (Fsp3) is 0.875. The lowest BCUT2D eigenvalue weighted by molar-refractivity contribution is 0.108. The van der Waals surface area contributed by atoms with Crippen LogP contribution in [0, 0.1) is 11.8 Å². The van der Waals surface area contributed by atoms with Crippen molar-refractivity contribution in [3.8, 4) is 0 Å². The second-order valence-corrected chi connectivity index (χ2v) is 8.58. The summed E-state index contributed by atoms with van der Waals surface area (Å²) in [5, 5.41) is 0. The number of fused-ring (bicyclic) bond motifs is 2. The fourth-order valence-corrected chi connectivity index (χ4v) is 4.10. The summed E-state index contributed by atoms with van der Waals surface area (Å²) in [6.07, 6.45) is 15.9. The summed E-state index contributed by atoms with van der Waals surface area (Å²) in [4.78, 5) is 4.90. The third-order valence-electron chi connectivity index (χ3n) is 5.62. The SMILES string of the molecule is C=CCCC(CC(C)C)N(C)C.CC.CC.CC.CC.CC.CC1CC2C=CCCC(C1)N2C. The highest BCUT2D eigenvalue weighted by atomic mass is 15.2. The molecule has 2 bridgehead atoms. The fourth-order valence-electron chi connectivity index (χ4n) is 4.10. The predicted octanol–water partition coefficient (Wildman–Crippen LogP) is 10.5. The van der Waals surface area contributed by atoms with Crippen molar-refractivity contribution in [2.45, 2.75) is 153 Å². The highest BCUT2D eigenvalue weighted by Crippen LogP contribution is 2.31. The van der Waals surface area contributed by atoms with Gasteiger partial charge in [-0.05, 0) is 77.9 Å². The van der Waals surface area contributed by atoms with Gasteiger partial charge in [0.25, 0.3) is 0 Å². The Bertz CT molecular complexity index is 373. The maximum Gasteiger partial charge on any atom is 0.0280 e. The quantitative estimate of drug-likeness (QED) is 0.346. The molecule has 4 unspecified atom stereocenters. The molecule has 2 aliphatic rings. The lowest BCUT2D eigenvalue weighted by atomic mass is 9.87. The Morgan fingerprint density at radius 1 is 0.941 bits per heavy atom. The van der Waals surface area contributed by atoms with E-state index in [-0.39, 0.29) is 0 Å². The average molecular weight is 485 g/mol. The van der Waals surface area contributed by atoms with Crippen LogP contribution in [0.15, 0.2) is 24.8 Å². The van der Waals surface area contributed by atoms with Crippen molar-refractivity contribution in [1.29, 1.82) is 0 Å². The van der Waals surface area contributed by atoms with Gasteiger partial charge in [-0.15, -0.1) is 6.58 Å². The number of nitrogens with zero attached hydrogens (tertiary/aromatic N) is 2. The molecular weight excluding hydrogens is 412 g/mol. The van der Waals surface area contributed by atoms with Crippen molar-refractivity contribution in [2.75, 3.05) is 21.1 Å². The minimum absolute atomic E-state index is 0.725. The van der Waals surface area contributed by atoms with E-state index in [0.717, 1.165) is 36.4 Å². The summed E-state index contributed by atoms with van der Waals surface area (Å²) in [5.41, 5.74) is 0. The molecule has 2 aliphatic heterocycles. The van der Waals surface area contributed by atoms with Gasteiger partial charge in [-0.1, -0.05) is 108 Å². The van der Waals surface area contributed by atoms with Crippen molar-refractivity contribution >= 4 is 0 Å². The van der Waals surface area contributed by atoms with E-state index in [0.29, 0.717) is 0 Å². The van der Waals surface area contributed by atoms with Gasteiger partial charge in [0, 0.05) is 18.1 Å². The van der Waals surface area contributed by atoms with Gasteiger partial charge in [-0.2, -0.15) is 0 Å². The minimum Gasteiger partial charge on any atom is -0.306 e. The van der Waals surface area contributed by atoms with Gasteiger partial charge < -0.3 is 4.90 Å². The van der Waals surface area contributed by atoms with Gasteiger partial charge in [-0.3, -0.25) is 4.90 Å². The molecule has 0 spiro atoms. The summed E-state index contributed by atoms with van der Waals surface area (Å²) in [6, 6.07) is 2.32. The smallest absolute Gasteiger partial charge is 0.0280 e. The van der Waals surface area contributed by atoms with Crippen LogP contribution in [0.3, 0.4) is 0 Å². The summed E-state index contributed by atoms with van der Waals surface area (Å²) in [6.45, 7) is 30.7. The molecule has 0 aromatic rings. The van der Waals surface area contributed by atoms with Crippen molar-refractivity contribution in [2.24, 2.45) is 11.8 Å². The van der Waals surface area contributed by atoms with E-state index in [1.165, 1.54) is 38.5 Å². The van der Waals surface area contributed by atoms with E-state index in [4.69, 9.17) is 0 Å². The van der Waals surface area contributed by atoms with E-state index in [2.05, 4.69) is 70.4 Å². The highest BCUT2D eigenvalue weighted by Gasteiger charge is 2.30. The largest absolute Gasteiger partial charge is 0.306 e. The van der Waals surface area contributed by atoms with Crippen molar-refractivity contribution in [3.05, 3.63) is 24.8 Å². The topological polar surface area (TPSA) is 6.48 Å². The van der Waals surface area contributed by atoms with E-state index in [1.807, 2.05) is 75.3 Å². The molecule has 0 aliphatic carbocycles. The molecule has 0 radical (unpaired) electrons. The summed E-state index contributed by atoms with van der Waals surface area (Å²) < 4.78 is 0. The second kappa shape index (κ2) is 34.6. The lowest BCUT2D eigenvalue weighted by Gasteiger charge is -2.40. The van der Waals surface area contributed by atoms with Crippen molar-refractivity contribution in [1.82, 2.24) is 9.80 Å². The molecule has 1 fully saturated rings. The normalized spacial score (nSPS) is 20.8. The molecule has 0 amide bonds. The molecule has 4 atom stereocenters. The molecule has 2 rings (SSSR count). The third-order valence-corrected chi connectivity index (χ3v) is 5.62. The Kier molecular flexibility index (Phi) is 44.2.